The van der Waals surface area contributed by atoms with Gasteiger partial charge in [-0.1, -0.05) is 72.3 Å². The molecule has 1 aromatic heterocycles. The number of rotatable bonds is 4. The summed E-state index contributed by atoms with van der Waals surface area (Å²) in [6.45, 7) is 0. The quantitative estimate of drug-likeness (QED) is 0.217. The molecule has 4 nitrogen and oxygen atoms in total. The Kier molecular flexibility index (Phi) is 5.51. The van der Waals surface area contributed by atoms with Crippen LogP contribution in [0.1, 0.15) is 10.4 Å². The van der Waals surface area contributed by atoms with Crippen molar-refractivity contribution in [2.45, 2.75) is 0 Å². The number of benzene rings is 4. The van der Waals surface area contributed by atoms with Crippen LogP contribution in [0.4, 0.5) is 0 Å². The lowest BCUT2D eigenvalue weighted by Gasteiger charge is -2.08. The van der Waals surface area contributed by atoms with Gasteiger partial charge in [0.1, 0.15) is 17.6 Å². The molecule has 0 radical (unpaired) electrons. The molecule has 5 aromatic rings. The highest BCUT2D eigenvalue weighted by Gasteiger charge is 2.14. The molecule has 0 aliphatic rings. The maximum atomic E-state index is 13.0. The highest BCUT2D eigenvalue weighted by Crippen LogP contribution is 2.28. The van der Waals surface area contributed by atoms with Gasteiger partial charge in [0.15, 0.2) is 0 Å². The molecule has 0 fully saturated rings. The molecule has 0 unspecified atom stereocenters. The number of carbonyl (C=O) groups is 1. The second kappa shape index (κ2) is 8.77. The van der Waals surface area contributed by atoms with Crippen molar-refractivity contribution in [3.05, 3.63) is 124 Å². The van der Waals surface area contributed by atoms with Gasteiger partial charge in [0.05, 0.1) is 16.5 Å². The number of hydrogen-bond donors (Lipinski definition) is 0. The molecule has 0 N–H and O–H groups in total. The average molecular weight is 453 g/mol. The molecule has 0 saturated carbocycles. The van der Waals surface area contributed by atoms with E-state index < -0.39 is 5.97 Å². The number of esters is 1. The van der Waals surface area contributed by atoms with E-state index in [1.54, 1.807) is 48.5 Å². The van der Waals surface area contributed by atoms with Gasteiger partial charge in [0.2, 0.25) is 5.43 Å². The zero-order chi connectivity index (χ0) is 22.8. The minimum atomic E-state index is -0.496. The Morgan fingerprint density at radius 2 is 1.45 bits per heavy atom. The van der Waals surface area contributed by atoms with Crippen molar-refractivity contribution in [2.24, 2.45) is 0 Å². The zero-order valence-corrected chi connectivity index (χ0v) is 18.1. The molecule has 5 rings (SSSR count). The summed E-state index contributed by atoms with van der Waals surface area (Å²) in [6.07, 6.45) is 1.37. The summed E-state index contributed by atoms with van der Waals surface area (Å²) < 4.78 is 11.2. The largest absolute Gasteiger partial charge is 0.463 e. The third-order valence-corrected chi connectivity index (χ3v) is 5.68. The molecule has 0 spiro atoms. The van der Waals surface area contributed by atoms with Crippen LogP contribution in [0.25, 0.3) is 33.2 Å². The van der Waals surface area contributed by atoms with E-state index in [2.05, 4.69) is 0 Å². The van der Waals surface area contributed by atoms with Gasteiger partial charge in [-0.15, -0.1) is 0 Å². The smallest absolute Gasteiger partial charge is 0.343 e. The van der Waals surface area contributed by atoms with Crippen LogP contribution in [-0.2, 0) is 0 Å². The maximum Gasteiger partial charge on any atom is 0.343 e. The monoisotopic (exact) mass is 452 g/mol. The molecule has 4 aromatic carbocycles. The molecule has 0 amide bonds. The standard InChI is InChI=1S/C28H17ClO4/c29-25-9-5-4-8-22(25)24-17-32-26-16-21(14-15-23(26)27(24)30)33-28(31)20-12-10-19(11-13-20)18-6-2-1-3-7-18/h1-17H. The minimum absolute atomic E-state index is 0.210. The fourth-order valence-electron chi connectivity index (χ4n) is 3.63. The first kappa shape index (κ1) is 20.7. The van der Waals surface area contributed by atoms with Crippen LogP contribution >= 0.6 is 11.6 Å². The lowest BCUT2D eigenvalue weighted by molar-refractivity contribution is 0.0735. The maximum absolute atomic E-state index is 13.0. The fourth-order valence-corrected chi connectivity index (χ4v) is 3.87. The molecule has 0 aliphatic carbocycles. The minimum Gasteiger partial charge on any atom is -0.463 e. The molecule has 33 heavy (non-hydrogen) atoms. The average Bonchev–Trinajstić information content (AvgIpc) is 2.85. The van der Waals surface area contributed by atoms with E-state index in [0.717, 1.165) is 11.1 Å². The molecule has 0 aliphatic heterocycles. The third-order valence-electron chi connectivity index (χ3n) is 5.35. The SMILES string of the molecule is O=C(Oc1ccc2c(=O)c(-c3ccccc3Cl)coc2c1)c1ccc(-c2ccccc2)cc1. The van der Waals surface area contributed by atoms with E-state index in [1.807, 2.05) is 42.5 Å². The van der Waals surface area contributed by atoms with E-state index in [4.69, 9.17) is 20.8 Å². The summed E-state index contributed by atoms with van der Waals surface area (Å²) in [5.41, 5.74) is 3.58. The Labute approximate surface area is 194 Å². The van der Waals surface area contributed by atoms with Crippen LogP contribution in [0, 0.1) is 0 Å². The second-order valence-electron chi connectivity index (χ2n) is 7.45. The summed E-state index contributed by atoms with van der Waals surface area (Å²) in [5.74, 6) is -0.211. The molecule has 5 heteroatoms. The molecule has 0 saturated heterocycles. The van der Waals surface area contributed by atoms with Crippen molar-refractivity contribution < 1.29 is 13.9 Å². The number of halogens is 1. The highest BCUT2D eigenvalue weighted by atomic mass is 35.5. The predicted molar refractivity (Wildman–Crippen MR) is 130 cm³/mol. The van der Waals surface area contributed by atoms with Crippen molar-refractivity contribution in [2.75, 3.05) is 0 Å². The normalized spacial score (nSPS) is 10.8. The van der Waals surface area contributed by atoms with Crippen molar-refractivity contribution >= 4 is 28.5 Å². The van der Waals surface area contributed by atoms with Crippen LogP contribution in [0.3, 0.4) is 0 Å². The molecule has 0 atom stereocenters. The van der Waals surface area contributed by atoms with Crippen molar-refractivity contribution in [3.63, 3.8) is 0 Å². The van der Waals surface area contributed by atoms with Gasteiger partial charge in [-0.05, 0) is 41.5 Å². The second-order valence-corrected chi connectivity index (χ2v) is 7.86. The summed E-state index contributed by atoms with van der Waals surface area (Å²) in [6, 6.07) is 28.9. The molecular formula is C28H17ClO4. The van der Waals surface area contributed by atoms with Gasteiger partial charge < -0.3 is 9.15 Å². The van der Waals surface area contributed by atoms with E-state index in [9.17, 15) is 9.59 Å². The highest BCUT2D eigenvalue weighted by molar-refractivity contribution is 6.33. The number of ether oxygens (including phenoxy) is 1. The van der Waals surface area contributed by atoms with Crippen LogP contribution in [0.15, 0.2) is 113 Å². The van der Waals surface area contributed by atoms with Crippen molar-refractivity contribution in [1.82, 2.24) is 0 Å². The Morgan fingerprint density at radius 1 is 0.758 bits per heavy atom. The summed E-state index contributed by atoms with van der Waals surface area (Å²) in [4.78, 5) is 25.6. The molecule has 160 valence electrons. The Balaban J connectivity index is 1.39. The van der Waals surface area contributed by atoms with E-state index in [1.165, 1.54) is 12.3 Å². The van der Waals surface area contributed by atoms with Gasteiger partial charge in [-0.2, -0.15) is 0 Å². The molecule has 1 heterocycles. The first-order valence-electron chi connectivity index (χ1n) is 10.3. The number of hydrogen-bond acceptors (Lipinski definition) is 4. The van der Waals surface area contributed by atoms with E-state index in [-0.39, 0.29) is 11.2 Å². The van der Waals surface area contributed by atoms with Crippen molar-refractivity contribution in [3.8, 4) is 28.0 Å². The van der Waals surface area contributed by atoms with Gasteiger partial charge in [0, 0.05) is 16.7 Å². The van der Waals surface area contributed by atoms with Crippen molar-refractivity contribution in [1.29, 1.82) is 0 Å². The van der Waals surface area contributed by atoms with Crippen LogP contribution in [0.2, 0.25) is 5.02 Å². The Bertz CT molecular complexity index is 1520. The van der Waals surface area contributed by atoms with Crippen LogP contribution < -0.4 is 10.2 Å². The molecular weight excluding hydrogens is 436 g/mol. The third kappa shape index (κ3) is 4.16. The van der Waals surface area contributed by atoms with Crippen LogP contribution in [0.5, 0.6) is 5.75 Å². The fraction of sp³-hybridized carbons (Fsp3) is 0. The van der Waals surface area contributed by atoms with Gasteiger partial charge in [-0.25, -0.2) is 4.79 Å². The van der Waals surface area contributed by atoms with Gasteiger partial charge in [0.25, 0.3) is 0 Å². The topological polar surface area (TPSA) is 56.5 Å². The molecule has 0 bridgehead atoms. The van der Waals surface area contributed by atoms with Crippen LogP contribution in [-0.4, -0.2) is 5.97 Å². The lowest BCUT2D eigenvalue weighted by Crippen LogP contribution is -2.09. The number of carbonyl (C=O) groups excluding carboxylic acids is 1. The van der Waals surface area contributed by atoms with Gasteiger partial charge in [-0.3, -0.25) is 4.79 Å². The number of fused-ring (bicyclic) bond motifs is 1. The summed E-state index contributed by atoms with van der Waals surface area (Å²) in [7, 11) is 0. The first-order chi connectivity index (χ1) is 16.1. The lowest BCUT2D eigenvalue weighted by atomic mass is 10.0. The Hall–Kier alpha value is -4.15. The summed E-state index contributed by atoms with van der Waals surface area (Å²) in [5, 5.41) is 0.840. The Morgan fingerprint density at radius 3 is 2.21 bits per heavy atom. The van der Waals surface area contributed by atoms with E-state index >= 15 is 0 Å². The summed E-state index contributed by atoms with van der Waals surface area (Å²) >= 11 is 6.23. The predicted octanol–water partition coefficient (Wildman–Crippen LogP) is 7.00. The zero-order valence-electron chi connectivity index (χ0n) is 17.3. The van der Waals surface area contributed by atoms with E-state index in [0.29, 0.717) is 32.7 Å². The first-order valence-corrected chi connectivity index (χ1v) is 10.7. The van der Waals surface area contributed by atoms with Gasteiger partial charge >= 0.3 is 5.97 Å².